The molecule has 26 heavy (non-hydrogen) atoms. The Hall–Kier alpha value is -2.67. The number of aryl methyl sites for hydroxylation is 1. The average molecular weight is 355 g/mol. The second-order valence-electron chi connectivity index (χ2n) is 6.58. The fourth-order valence-corrected chi connectivity index (χ4v) is 3.16. The largest absolute Gasteiger partial charge is 0.354 e. The summed E-state index contributed by atoms with van der Waals surface area (Å²) in [5.74, 6) is 0.842. The summed E-state index contributed by atoms with van der Waals surface area (Å²) >= 11 is 0. The van der Waals surface area contributed by atoms with Gasteiger partial charge in [-0.25, -0.2) is 4.98 Å². The summed E-state index contributed by atoms with van der Waals surface area (Å²) in [7, 11) is 0. The van der Waals surface area contributed by atoms with E-state index in [9.17, 15) is 9.59 Å². The number of carbonyl (C=O) groups excluding carboxylic acids is 1. The third-order valence-corrected chi connectivity index (χ3v) is 4.51. The van der Waals surface area contributed by atoms with E-state index < -0.39 is 0 Å². The number of hydrogen-bond donors (Lipinski definition) is 4. The highest BCUT2D eigenvalue weighted by molar-refractivity contribution is 5.94. The number of anilines is 1. The minimum atomic E-state index is -0.197. The van der Waals surface area contributed by atoms with Gasteiger partial charge in [0.05, 0.1) is 0 Å². The van der Waals surface area contributed by atoms with Crippen molar-refractivity contribution in [2.75, 3.05) is 31.5 Å². The van der Waals surface area contributed by atoms with Gasteiger partial charge in [0.1, 0.15) is 0 Å². The first-order chi connectivity index (χ1) is 12.6. The molecule has 0 bridgehead atoms. The molecule has 1 aromatic carbocycles. The number of nitrogens with one attached hydrogen (secondary N) is 4. The molecule has 1 saturated heterocycles. The number of H-pyrrole nitrogens is 1. The van der Waals surface area contributed by atoms with Crippen molar-refractivity contribution in [1.82, 2.24) is 20.6 Å². The Balaban J connectivity index is 1.46. The molecular formula is C19H25N5O2. The van der Waals surface area contributed by atoms with E-state index in [0.29, 0.717) is 36.2 Å². The molecule has 0 aliphatic carbocycles. The van der Waals surface area contributed by atoms with E-state index in [4.69, 9.17) is 0 Å². The lowest BCUT2D eigenvalue weighted by Crippen LogP contribution is -2.30. The number of piperidine rings is 1. The summed E-state index contributed by atoms with van der Waals surface area (Å²) in [4.78, 5) is 30.4. The lowest BCUT2D eigenvalue weighted by atomic mass is 9.91. The van der Waals surface area contributed by atoms with Crippen LogP contribution >= 0.6 is 0 Å². The Kier molecular flexibility index (Phi) is 6.01. The van der Waals surface area contributed by atoms with Gasteiger partial charge in [-0.15, -0.1) is 0 Å². The maximum absolute atomic E-state index is 12.2. The summed E-state index contributed by atoms with van der Waals surface area (Å²) in [6, 6.07) is 9.29. The quantitative estimate of drug-likeness (QED) is 0.587. The van der Waals surface area contributed by atoms with Gasteiger partial charge in [0.2, 0.25) is 5.95 Å². The fourth-order valence-electron chi connectivity index (χ4n) is 3.16. The summed E-state index contributed by atoms with van der Waals surface area (Å²) in [5.41, 5.74) is 2.38. The predicted octanol–water partition coefficient (Wildman–Crippen LogP) is 1.39. The molecule has 138 valence electrons. The smallest absolute Gasteiger partial charge is 0.252 e. The van der Waals surface area contributed by atoms with Gasteiger partial charge >= 0.3 is 0 Å². The van der Waals surface area contributed by atoms with Crippen molar-refractivity contribution in [3.8, 4) is 0 Å². The topological polar surface area (TPSA) is 98.9 Å². The van der Waals surface area contributed by atoms with Crippen molar-refractivity contribution < 1.29 is 4.79 Å². The second kappa shape index (κ2) is 8.62. The highest BCUT2D eigenvalue weighted by Gasteiger charge is 2.15. The second-order valence-corrected chi connectivity index (χ2v) is 6.58. The standard InChI is InChI=1S/C19H25N5O2/c1-13-11-17(25)24-19(23-13)22-10-9-21-18(26)15-6-4-14(5-7-15)16-3-2-8-20-12-16/h4-7,11,16,20H,2-3,8-10,12H2,1H3,(H,21,26)(H2,22,23,24,25)/t16-/m1/s1. The molecule has 7 heteroatoms. The van der Waals surface area contributed by atoms with Crippen LogP contribution in [0.25, 0.3) is 0 Å². The van der Waals surface area contributed by atoms with Gasteiger partial charge in [-0.3, -0.25) is 14.6 Å². The van der Waals surface area contributed by atoms with Crippen LogP contribution in [0.3, 0.4) is 0 Å². The van der Waals surface area contributed by atoms with Crippen LogP contribution in [-0.2, 0) is 0 Å². The van der Waals surface area contributed by atoms with E-state index in [1.165, 1.54) is 24.5 Å². The van der Waals surface area contributed by atoms with E-state index in [1.807, 2.05) is 24.3 Å². The van der Waals surface area contributed by atoms with Crippen molar-refractivity contribution in [1.29, 1.82) is 0 Å². The molecule has 4 N–H and O–H groups in total. The summed E-state index contributed by atoms with van der Waals surface area (Å²) in [6.45, 7) is 4.77. The number of rotatable bonds is 6. The molecule has 1 aliphatic heterocycles. The number of hydrogen-bond acceptors (Lipinski definition) is 5. The van der Waals surface area contributed by atoms with Crippen LogP contribution in [-0.4, -0.2) is 42.1 Å². The van der Waals surface area contributed by atoms with Crippen molar-refractivity contribution in [2.24, 2.45) is 0 Å². The van der Waals surface area contributed by atoms with Gasteiger partial charge < -0.3 is 16.0 Å². The predicted molar refractivity (Wildman–Crippen MR) is 102 cm³/mol. The number of amides is 1. The zero-order chi connectivity index (χ0) is 18.4. The minimum Gasteiger partial charge on any atom is -0.354 e. The van der Waals surface area contributed by atoms with Crippen LogP contribution in [0.4, 0.5) is 5.95 Å². The maximum atomic E-state index is 12.2. The third-order valence-electron chi connectivity index (χ3n) is 4.51. The van der Waals surface area contributed by atoms with Gasteiger partial charge in [-0.2, -0.15) is 0 Å². The molecule has 0 saturated carbocycles. The first-order valence-corrected chi connectivity index (χ1v) is 9.02. The highest BCUT2D eigenvalue weighted by atomic mass is 16.1. The van der Waals surface area contributed by atoms with Crippen LogP contribution in [0.5, 0.6) is 0 Å². The molecule has 7 nitrogen and oxygen atoms in total. The minimum absolute atomic E-state index is 0.106. The first-order valence-electron chi connectivity index (χ1n) is 9.02. The van der Waals surface area contributed by atoms with Crippen LogP contribution in [0.2, 0.25) is 0 Å². The van der Waals surface area contributed by atoms with Gasteiger partial charge in [0.15, 0.2) is 0 Å². The molecule has 2 aromatic rings. The van der Waals surface area contributed by atoms with E-state index in [1.54, 1.807) is 6.92 Å². The van der Waals surface area contributed by atoms with Crippen molar-refractivity contribution in [3.63, 3.8) is 0 Å². The Morgan fingerprint density at radius 1 is 1.27 bits per heavy atom. The van der Waals surface area contributed by atoms with Crippen LogP contribution in [0, 0.1) is 6.92 Å². The zero-order valence-corrected chi connectivity index (χ0v) is 15.0. The number of aromatic nitrogens is 2. The van der Waals surface area contributed by atoms with Crippen molar-refractivity contribution >= 4 is 11.9 Å². The normalized spacial score (nSPS) is 16.9. The third kappa shape index (κ3) is 4.92. The number of carbonyl (C=O) groups is 1. The Bertz CT molecular complexity index is 794. The average Bonchev–Trinajstić information content (AvgIpc) is 2.65. The molecule has 2 heterocycles. The summed E-state index contributed by atoms with van der Waals surface area (Å²) in [6.07, 6.45) is 2.39. The molecule has 0 radical (unpaired) electrons. The number of benzene rings is 1. The zero-order valence-electron chi connectivity index (χ0n) is 15.0. The van der Waals surface area contributed by atoms with Crippen molar-refractivity contribution in [2.45, 2.75) is 25.7 Å². The van der Waals surface area contributed by atoms with E-state index in [-0.39, 0.29) is 11.5 Å². The lowest BCUT2D eigenvalue weighted by Gasteiger charge is -2.23. The number of aromatic amines is 1. The van der Waals surface area contributed by atoms with Gasteiger partial charge in [-0.05, 0) is 49.9 Å². The SMILES string of the molecule is Cc1cc(=O)[nH]c(NCCNC(=O)c2ccc([C@@H]3CCCNC3)cc2)n1. The van der Waals surface area contributed by atoms with Crippen LogP contribution < -0.4 is 21.5 Å². The fraction of sp³-hybridized carbons (Fsp3) is 0.421. The molecule has 1 fully saturated rings. The molecule has 1 atom stereocenters. The molecule has 3 rings (SSSR count). The first kappa shape index (κ1) is 18.1. The van der Waals surface area contributed by atoms with Crippen LogP contribution in [0.15, 0.2) is 35.1 Å². The van der Waals surface area contributed by atoms with Gasteiger partial charge in [0.25, 0.3) is 11.5 Å². The molecule has 1 amide bonds. The summed E-state index contributed by atoms with van der Waals surface area (Å²) < 4.78 is 0. The maximum Gasteiger partial charge on any atom is 0.252 e. The number of nitrogens with zero attached hydrogens (tertiary/aromatic N) is 1. The Morgan fingerprint density at radius 3 is 2.77 bits per heavy atom. The molecule has 0 unspecified atom stereocenters. The molecule has 0 spiro atoms. The Labute approximate surface area is 152 Å². The van der Waals surface area contributed by atoms with Crippen molar-refractivity contribution in [3.05, 3.63) is 57.5 Å². The monoisotopic (exact) mass is 355 g/mol. The van der Waals surface area contributed by atoms with E-state index in [0.717, 1.165) is 13.1 Å². The Morgan fingerprint density at radius 2 is 2.08 bits per heavy atom. The molecule has 1 aliphatic rings. The van der Waals surface area contributed by atoms with Gasteiger partial charge in [0, 0.05) is 37.0 Å². The highest BCUT2D eigenvalue weighted by Crippen LogP contribution is 2.23. The van der Waals surface area contributed by atoms with Gasteiger partial charge in [-0.1, -0.05) is 12.1 Å². The van der Waals surface area contributed by atoms with E-state index >= 15 is 0 Å². The summed E-state index contributed by atoms with van der Waals surface area (Å²) in [5, 5.41) is 9.27. The molecular weight excluding hydrogens is 330 g/mol. The lowest BCUT2D eigenvalue weighted by molar-refractivity contribution is 0.0955. The van der Waals surface area contributed by atoms with Crippen LogP contribution in [0.1, 0.15) is 40.4 Å². The molecule has 1 aromatic heterocycles. The van der Waals surface area contributed by atoms with E-state index in [2.05, 4.69) is 25.9 Å².